The van der Waals surface area contributed by atoms with Crippen LogP contribution in [-0.4, -0.2) is 23.2 Å². The smallest absolute Gasteiger partial charge is 0.275 e. The number of aromatic nitrogens is 1. The van der Waals surface area contributed by atoms with Gasteiger partial charge in [0.15, 0.2) is 0 Å². The van der Waals surface area contributed by atoms with E-state index in [2.05, 4.69) is 37.4 Å². The molecule has 0 fully saturated rings. The number of aromatic amines is 1. The summed E-state index contributed by atoms with van der Waals surface area (Å²) in [5.41, 5.74) is 11.7. The van der Waals surface area contributed by atoms with Crippen molar-refractivity contribution in [3.8, 4) is 18.1 Å². The first-order valence-electron chi connectivity index (χ1n) is 8.07. The summed E-state index contributed by atoms with van der Waals surface area (Å²) in [7, 11) is 0. The van der Waals surface area contributed by atoms with Crippen LogP contribution in [0.5, 0.6) is 5.75 Å². The molecule has 0 aliphatic rings. The third-order valence-electron chi connectivity index (χ3n) is 3.86. The Balaban J connectivity index is 1.81. The Labute approximate surface area is 164 Å². The molecule has 136 valence electrons. The van der Waals surface area contributed by atoms with Crippen molar-refractivity contribution in [2.24, 2.45) is 5.10 Å². The second-order valence-electron chi connectivity index (χ2n) is 5.80. The molecule has 7 heteroatoms. The van der Waals surface area contributed by atoms with Crippen LogP contribution in [0.4, 0.5) is 5.69 Å². The highest BCUT2D eigenvalue weighted by molar-refractivity contribution is 9.10. The van der Waals surface area contributed by atoms with Crippen LogP contribution in [0.15, 0.2) is 52.0 Å². The molecule has 0 aliphatic heterocycles. The van der Waals surface area contributed by atoms with E-state index in [9.17, 15) is 4.79 Å². The zero-order chi connectivity index (χ0) is 19.4. The topological polar surface area (TPSA) is 92.5 Å². The molecule has 2 aromatic carbocycles. The Kier molecular flexibility index (Phi) is 5.48. The van der Waals surface area contributed by atoms with Gasteiger partial charge in [-0.25, -0.2) is 5.43 Å². The first-order chi connectivity index (χ1) is 13.0. The van der Waals surface area contributed by atoms with Crippen molar-refractivity contribution in [3.63, 3.8) is 0 Å². The van der Waals surface area contributed by atoms with E-state index in [1.807, 2.05) is 24.3 Å². The van der Waals surface area contributed by atoms with Crippen LogP contribution >= 0.6 is 15.9 Å². The fourth-order valence-corrected chi connectivity index (χ4v) is 2.89. The SMILES string of the molecule is C#CCOc1ccc(Br)cc1C(=O)N/N=C(\C)c1cc2cc(N)ccc2[nH]1. The maximum absolute atomic E-state index is 12.5. The molecule has 3 rings (SSSR count). The molecule has 0 atom stereocenters. The van der Waals surface area contributed by atoms with E-state index < -0.39 is 5.91 Å². The maximum atomic E-state index is 12.5. The molecule has 3 aromatic rings. The number of H-pyrrole nitrogens is 1. The van der Waals surface area contributed by atoms with Crippen molar-refractivity contribution in [2.75, 3.05) is 12.3 Å². The molecule has 0 radical (unpaired) electrons. The molecule has 0 unspecified atom stereocenters. The Bertz CT molecular complexity index is 1080. The number of nitrogens with one attached hydrogen (secondary N) is 2. The third kappa shape index (κ3) is 4.30. The number of ether oxygens (including phenoxy) is 1. The Morgan fingerprint density at radius 1 is 1.33 bits per heavy atom. The second kappa shape index (κ2) is 7.98. The number of benzene rings is 2. The van der Waals surface area contributed by atoms with E-state index in [1.54, 1.807) is 25.1 Å². The van der Waals surface area contributed by atoms with Gasteiger partial charge in [0.05, 0.1) is 17.0 Å². The number of hydrogen-bond acceptors (Lipinski definition) is 4. The number of hydrogen-bond donors (Lipinski definition) is 3. The second-order valence-corrected chi connectivity index (χ2v) is 6.72. The van der Waals surface area contributed by atoms with Gasteiger partial charge in [-0.3, -0.25) is 4.79 Å². The van der Waals surface area contributed by atoms with Gasteiger partial charge in [0.1, 0.15) is 12.4 Å². The van der Waals surface area contributed by atoms with Crippen molar-refractivity contribution in [2.45, 2.75) is 6.92 Å². The Morgan fingerprint density at radius 2 is 2.15 bits per heavy atom. The number of fused-ring (bicyclic) bond motifs is 1. The van der Waals surface area contributed by atoms with Gasteiger partial charge in [-0.15, -0.1) is 6.42 Å². The highest BCUT2D eigenvalue weighted by Crippen LogP contribution is 2.23. The quantitative estimate of drug-likeness (QED) is 0.252. The lowest BCUT2D eigenvalue weighted by Gasteiger charge is -2.09. The van der Waals surface area contributed by atoms with Gasteiger partial charge >= 0.3 is 0 Å². The zero-order valence-electron chi connectivity index (χ0n) is 14.5. The summed E-state index contributed by atoms with van der Waals surface area (Å²) in [6, 6.07) is 12.6. The number of nitrogens with two attached hydrogens (primary N) is 1. The summed E-state index contributed by atoms with van der Waals surface area (Å²) in [5, 5.41) is 5.16. The van der Waals surface area contributed by atoms with Crippen LogP contribution < -0.4 is 15.9 Å². The molecule has 27 heavy (non-hydrogen) atoms. The van der Waals surface area contributed by atoms with E-state index >= 15 is 0 Å². The molecule has 0 saturated carbocycles. The number of terminal acetylenes is 1. The van der Waals surface area contributed by atoms with Crippen molar-refractivity contribution in [1.82, 2.24) is 10.4 Å². The van der Waals surface area contributed by atoms with Crippen LogP contribution in [0.25, 0.3) is 10.9 Å². The van der Waals surface area contributed by atoms with Gasteiger partial charge in [0, 0.05) is 21.1 Å². The zero-order valence-corrected chi connectivity index (χ0v) is 16.1. The number of hydrazone groups is 1. The van der Waals surface area contributed by atoms with Gasteiger partial charge in [-0.2, -0.15) is 5.10 Å². The molecule has 6 nitrogen and oxygen atoms in total. The fourth-order valence-electron chi connectivity index (χ4n) is 2.53. The Hall–Kier alpha value is -3.24. The minimum absolute atomic E-state index is 0.0718. The number of amides is 1. The predicted octanol–water partition coefficient (Wildman–Crippen LogP) is 3.68. The normalized spacial score (nSPS) is 11.2. The van der Waals surface area contributed by atoms with E-state index in [4.69, 9.17) is 16.9 Å². The van der Waals surface area contributed by atoms with Gasteiger partial charge in [-0.05, 0) is 49.4 Å². The molecule has 1 heterocycles. The standard InChI is InChI=1S/C20H17BrN4O2/c1-3-8-27-19-7-4-14(21)11-16(19)20(26)25-24-12(2)18-10-13-9-15(22)5-6-17(13)23-18/h1,4-7,9-11,23H,8,22H2,2H3,(H,25,26)/b24-12+. The van der Waals surface area contributed by atoms with E-state index in [1.165, 1.54) is 0 Å². The third-order valence-corrected chi connectivity index (χ3v) is 4.35. The molecule has 4 N–H and O–H groups in total. The number of anilines is 1. The summed E-state index contributed by atoms with van der Waals surface area (Å²) in [4.78, 5) is 15.8. The number of halogens is 1. The first kappa shape index (κ1) is 18.5. The van der Waals surface area contributed by atoms with Gasteiger partial charge < -0.3 is 15.5 Å². The Morgan fingerprint density at radius 3 is 2.93 bits per heavy atom. The summed E-state index contributed by atoms with van der Waals surface area (Å²) >= 11 is 3.35. The molecule has 0 spiro atoms. The molecule has 0 saturated heterocycles. The molecule has 1 amide bonds. The maximum Gasteiger partial charge on any atom is 0.275 e. The van der Waals surface area contributed by atoms with Crippen LogP contribution in [0.1, 0.15) is 23.0 Å². The van der Waals surface area contributed by atoms with Crippen LogP contribution in [0.3, 0.4) is 0 Å². The summed E-state index contributed by atoms with van der Waals surface area (Å²) in [5.74, 6) is 2.37. The first-order valence-corrected chi connectivity index (χ1v) is 8.86. The van der Waals surface area contributed by atoms with Gasteiger partial charge in [0.25, 0.3) is 5.91 Å². The van der Waals surface area contributed by atoms with Gasteiger partial charge in [0.2, 0.25) is 0 Å². The fraction of sp³-hybridized carbons (Fsp3) is 0.100. The van der Waals surface area contributed by atoms with Crippen molar-refractivity contribution in [1.29, 1.82) is 0 Å². The lowest BCUT2D eigenvalue weighted by molar-refractivity contribution is 0.0951. The van der Waals surface area contributed by atoms with E-state index in [0.717, 1.165) is 21.1 Å². The summed E-state index contributed by atoms with van der Waals surface area (Å²) in [6.07, 6.45) is 5.22. The largest absolute Gasteiger partial charge is 0.480 e. The summed E-state index contributed by atoms with van der Waals surface area (Å²) < 4.78 is 6.17. The van der Waals surface area contributed by atoms with E-state index in [-0.39, 0.29) is 6.61 Å². The molecule has 0 aliphatic carbocycles. The minimum Gasteiger partial charge on any atom is -0.480 e. The monoisotopic (exact) mass is 424 g/mol. The molecule has 1 aromatic heterocycles. The van der Waals surface area contributed by atoms with Crippen LogP contribution in [0, 0.1) is 12.3 Å². The van der Waals surface area contributed by atoms with Crippen LogP contribution in [-0.2, 0) is 0 Å². The highest BCUT2D eigenvalue weighted by atomic mass is 79.9. The highest BCUT2D eigenvalue weighted by Gasteiger charge is 2.13. The van der Waals surface area contributed by atoms with Gasteiger partial charge in [-0.1, -0.05) is 21.9 Å². The average Bonchev–Trinajstić information content (AvgIpc) is 3.08. The number of carbonyl (C=O) groups excluding carboxylic acids is 1. The number of nitrogen functional groups attached to an aromatic ring is 1. The molecule has 0 bridgehead atoms. The summed E-state index contributed by atoms with van der Waals surface area (Å²) in [6.45, 7) is 1.87. The number of rotatable bonds is 5. The minimum atomic E-state index is -0.400. The molecular weight excluding hydrogens is 408 g/mol. The number of carbonyl (C=O) groups is 1. The van der Waals surface area contributed by atoms with Crippen LogP contribution in [0.2, 0.25) is 0 Å². The number of nitrogens with zero attached hydrogens (tertiary/aromatic N) is 1. The molecular formula is C20H17BrN4O2. The average molecular weight is 425 g/mol. The lowest BCUT2D eigenvalue weighted by atomic mass is 10.2. The van der Waals surface area contributed by atoms with Crippen molar-refractivity contribution >= 4 is 44.1 Å². The van der Waals surface area contributed by atoms with Crippen molar-refractivity contribution in [3.05, 3.63) is 58.2 Å². The predicted molar refractivity (Wildman–Crippen MR) is 111 cm³/mol. The van der Waals surface area contributed by atoms with Crippen molar-refractivity contribution < 1.29 is 9.53 Å². The van der Waals surface area contributed by atoms with E-state index in [0.29, 0.717) is 22.7 Å². The lowest BCUT2D eigenvalue weighted by Crippen LogP contribution is -2.20.